The highest BCUT2D eigenvalue weighted by Crippen LogP contribution is 2.17. The zero-order valence-corrected chi connectivity index (χ0v) is 10.3. The number of carbonyl (C=O) groups excluding carboxylic acids is 2. The smallest absolute Gasteiger partial charge is 0.319 e. The predicted molar refractivity (Wildman–Crippen MR) is 64.6 cm³/mol. The molecule has 104 valence electrons. The van der Waals surface area contributed by atoms with Gasteiger partial charge in [-0.05, 0) is 18.6 Å². The van der Waals surface area contributed by atoms with Gasteiger partial charge < -0.3 is 15.4 Å². The molecule has 0 heterocycles. The number of hydrogen-bond donors (Lipinski definition) is 2. The molecule has 0 unspecified atom stereocenters. The van der Waals surface area contributed by atoms with Crippen molar-refractivity contribution in [2.75, 3.05) is 19.0 Å². The Hall–Kier alpha value is -2.18. The average Bonchev–Trinajstić information content (AvgIpc) is 2.39. The number of anilines is 1. The van der Waals surface area contributed by atoms with Gasteiger partial charge in [-0.2, -0.15) is 0 Å². The molecular formula is C12H14F2N2O3. The fourth-order valence-electron chi connectivity index (χ4n) is 1.31. The monoisotopic (exact) mass is 272 g/mol. The Morgan fingerprint density at radius 3 is 2.47 bits per heavy atom. The fraction of sp³-hybridized carbons (Fsp3) is 0.333. The molecule has 5 nitrogen and oxygen atoms in total. The number of rotatable bonds is 5. The zero-order valence-electron chi connectivity index (χ0n) is 10.3. The van der Waals surface area contributed by atoms with Crippen LogP contribution in [-0.4, -0.2) is 25.7 Å². The van der Waals surface area contributed by atoms with Crippen LogP contribution in [0.4, 0.5) is 19.3 Å². The van der Waals surface area contributed by atoms with Gasteiger partial charge in [0.15, 0.2) is 0 Å². The van der Waals surface area contributed by atoms with Gasteiger partial charge in [0.25, 0.3) is 0 Å². The summed E-state index contributed by atoms with van der Waals surface area (Å²) < 4.78 is 30.8. The van der Waals surface area contributed by atoms with Gasteiger partial charge in [-0.3, -0.25) is 4.79 Å². The van der Waals surface area contributed by atoms with E-state index in [0.717, 1.165) is 12.1 Å². The second-order valence-corrected chi connectivity index (χ2v) is 3.66. The van der Waals surface area contributed by atoms with Crippen molar-refractivity contribution in [2.24, 2.45) is 0 Å². The summed E-state index contributed by atoms with van der Waals surface area (Å²) in [6.45, 7) is 0.191. The lowest BCUT2D eigenvalue weighted by atomic mass is 10.3. The molecule has 7 heteroatoms. The van der Waals surface area contributed by atoms with Crippen LogP contribution in [0.15, 0.2) is 18.2 Å². The summed E-state index contributed by atoms with van der Waals surface area (Å²) in [5, 5.41) is 4.44. The van der Waals surface area contributed by atoms with Crippen LogP contribution in [0.25, 0.3) is 0 Å². The molecule has 0 radical (unpaired) electrons. The van der Waals surface area contributed by atoms with Crippen LogP contribution >= 0.6 is 0 Å². The number of halogens is 2. The number of benzene rings is 1. The van der Waals surface area contributed by atoms with Crippen molar-refractivity contribution in [1.29, 1.82) is 0 Å². The molecule has 2 N–H and O–H groups in total. The van der Waals surface area contributed by atoms with Gasteiger partial charge in [0.2, 0.25) is 0 Å². The van der Waals surface area contributed by atoms with Gasteiger partial charge in [0.1, 0.15) is 17.3 Å². The summed E-state index contributed by atoms with van der Waals surface area (Å²) >= 11 is 0. The third-order valence-electron chi connectivity index (χ3n) is 2.27. The van der Waals surface area contributed by atoms with Crippen LogP contribution in [0.3, 0.4) is 0 Å². The molecular weight excluding hydrogens is 258 g/mol. The van der Waals surface area contributed by atoms with Gasteiger partial charge in [-0.1, -0.05) is 6.07 Å². The number of methoxy groups -OCH3 is 1. The first-order valence-corrected chi connectivity index (χ1v) is 5.60. The number of carbonyl (C=O) groups is 2. The molecule has 1 rings (SSSR count). The van der Waals surface area contributed by atoms with E-state index in [9.17, 15) is 18.4 Å². The normalized spacial score (nSPS) is 9.84. The Morgan fingerprint density at radius 2 is 1.89 bits per heavy atom. The average molecular weight is 272 g/mol. The van der Waals surface area contributed by atoms with Crippen LogP contribution in [0.5, 0.6) is 0 Å². The summed E-state index contributed by atoms with van der Waals surface area (Å²) in [5.74, 6) is -2.10. The van der Waals surface area contributed by atoms with Crippen molar-refractivity contribution in [3.05, 3.63) is 29.8 Å². The van der Waals surface area contributed by atoms with E-state index in [0.29, 0.717) is 6.42 Å². The van der Waals surface area contributed by atoms with Crippen molar-refractivity contribution in [3.63, 3.8) is 0 Å². The first-order chi connectivity index (χ1) is 9.04. The number of urea groups is 1. The number of hydrogen-bond acceptors (Lipinski definition) is 3. The van der Waals surface area contributed by atoms with Gasteiger partial charge in [-0.25, -0.2) is 13.6 Å². The zero-order chi connectivity index (χ0) is 14.3. The lowest BCUT2D eigenvalue weighted by Crippen LogP contribution is -2.30. The van der Waals surface area contributed by atoms with Crippen LogP contribution in [-0.2, 0) is 9.53 Å². The molecule has 19 heavy (non-hydrogen) atoms. The molecule has 0 aliphatic heterocycles. The molecule has 1 aromatic carbocycles. The lowest BCUT2D eigenvalue weighted by Gasteiger charge is -2.08. The SMILES string of the molecule is COC(=O)CCCNC(=O)Nc1c(F)cccc1F. The highest BCUT2D eigenvalue weighted by molar-refractivity contribution is 5.89. The Morgan fingerprint density at radius 1 is 1.26 bits per heavy atom. The molecule has 0 saturated heterocycles. The summed E-state index contributed by atoms with van der Waals surface area (Å²) in [6, 6.07) is 2.53. The molecule has 0 aliphatic carbocycles. The van der Waals surface area contributed by atoms with Gasteiger partial charge in [0.05, 0.1) is 7.11 Å². The van der Waals surface area contributed by atoms with E-state index in [1.807, 2.05) is 0 Å². The number of para-hydroxylation sites is 1. The van der Waals surface area contributed by atoms with Crippen LogP contribution in [0, 0.1) is 11.6 Å². The summed E-state index contributed by atoms with van der Waals surface area (Å²) in [5.41, 5.74) is -0.507. The third-order valence-corrected chi connectivity index (χ3v) is 2.27. The first-order valence-electron chi connectivity index (χ1n) is 5.60. The van der Waals surface area contributed by atoms with E-state index in [4.69, 9.17) is 0 Å². The van der Waals surface area contributed by atoms with Crippen molar-refractivity contribution in [3.8, 4) is 0 Å². The molecule has 2 amide bonds. The minimum Gasteiger partial charge on any atom is -0.469 e. The molecule has 1 aromatic rings. The molecule has 0 saturated carbocycles. The minimum absolute atomic E-state index is 0.158. The van der Waals surface area contributed by atoms with Crippen LogP contribution < -0.4 is 10.6 Å². The Labute approximate surface area is 108 Å². The van der Waals surface area contributed by atoms with E-state index in [2.05, 4.69) is 15.4 Å². The topological polar surface area (TPSA) is 67.4 Å². The number of nitrogens with one attached hydrogen (secondary N) is 2. The van der Waals surface area contributed by atoms with Crippen molar-refractivity contribution < 1.29 is 23.1 Å². The molecule has 0 fully saturated rings. The third kappa shape index (κ3) is 4.90. The minimum atomic E-state index is -0.857. The standard InChI is InChI=1S/C12H14F2N2O3/c1-19-10(17)6-3-7-15-12(18)16-11-8(13)4-2-5-9(11)14/h2,4-5H,3,6-7H2,1H3,(H2,15,16,18). The molecule has 0 spiro atoms. The molecule has 0 aromatic heterocycles. The van der Waals surface area contributed by atoms with E-state index in [1.165, 1.54) is 13.2 Å². The lowest BCUT2D eigenvalue weighted by molar-refractivity contribution is -0.140. The second kappa shape index (κ2) is 7.30. The summed E-state index contributed by atoms with van der Waals surface area (Å²) in [4.78, 5) is 22.1. The van der Waals surface area contributed by atoms with Crippen molar-refractivity contribution in [1.82, 2.24) is 5.32 Å². The van der Waals surface area contributed by atoms with E-state index >= 15 is 0 Å². The maximum absolute atomic E-state index is 13.2. The summed E-state index contributed by atoms with van der Waals surface area (Å²) in [6.07, 6.45) is 0.532. The Kier molecular flexibility index (Phi) is 5.72. The predicted octanol–water partition coefficient (Wildman–Crippen LogP) is 2.04. The Balaban J connectivity index is 2.37. The maximum atomic E-state index is 13.2. The highest BCUT2D eigenvalue weighted by atomic mass is 19.1. The number of ether oxygens (including phenoxy) is 1. The maximum Gasteiger partial charge on any atom is 0.319 e. The van der Waals surface area contributed by atoms with E-state index in [-0.39, 0.29) is 18.9 Å². The highest BCUT2D eigenvalue weighted by Gasteiger charge is 2.11. The van der Waals surface area contributed by atoms with Crippen molar-refractivity contribution >= 4 is 17.7 Å². The Bertz CT molecular complexity index is 446. The van der Waals surface area contributed by atoms with E-state index in [1.54, 1.807) is 0 Å². The fourth-order valence-corrected chi connectivity index (χ4v) is 1.31. The first kappa shape index (κ1) is 14.9. The van der Waals surface area contributed by atoms with Crippen molar-refractivity contribution in [2.45, 2.75) is 12.8 Å². The largest absolute Gasteiger partial charge is 0.469 e. The van der Waals surface area contributed by atoms with Gasteiger partial charge in [-0.15, -0.1) is 0 Å². The number of amides is 2. The van der Waals surface area contributed by atoms with Gasteiger partial charge in [0, 0.05) is 13.0 Å². The summed E-state index contributed by atoms with van der Waals surface area (Å²) in [7, 11) is 1.27. The van der Waals surface area contributed by atoms with Gasteiger partial charge >= 0.3 is 12.0 Å². The van der Waals surface area contributed by atoms with E-state index < -0.39 is 23.4 Å². The second-order valence-electron chi connectivity index (χ2n) is 3.66. The number of esters is 1. The quantitative estimate of drug-likeness (QED) is 0.636. The molecule has 0 atom stereocenters. The van der Waals surface area contributed by atoms with Crippen LogP contribution in [0.2, 0.25) is 0 Å². The molecule has 0 aliphatic rings. The molecule has 0 bridgehead atoms. The van der Waals surface area contributed by atoms with Crippen LogP contribution in [0.1, 0.15) is 12.8 Å².